The van der Waals surface area contributed by atoms with E-state index in [0.29, 0.717) is 12.2 Å². The van der Waals surface area contributed by atoms with Gasteiger partial charge in [0.25, 0.3) is 0 Å². The van der Waals surface area contributed by atoms with E-state index in [2.05, 4.69) is 30.8 Å². The molecule has 2 aromatic rings. The molecule has 0 amide bonds. The Morgan fingerprint density at radius 2 is 1.64 bits per heavy atom. The third-order valence-electron chi connectivity index (χ3n) is 4.00. The third kappa shape index (κ3) is 7.05. The molecule has 28 heavy (non-hydrogen) atoms. The Morgan fingerprint density at radius 1 is 1.07 bits per heavy atom. The van der Waals surface area contributed by atoms with E-state index in [4.69, 9.17) is 12.2 Å². The normalized spacial score (nSPS) is 12.5. The van der Waals surface area contributed by atoms with Crippen LogP contribution >= 0.6 is 12.2 Å². The van der Waals surface area contributed by atoms with Crippen molar-refractivity contribution >= 4 is 39.0 Å². The van der Waals surface area contributed by atoms with Crippen LogP contribution in [0.15, 0.2) is 54.4 Å². The molecule has 2 rings (SSSR count). The van der Waals surface area contributed by atoms with Gasteiger partial charge >= 0.3 is 0 Å². The SMILES string of the molecule is CC(C)(C)c1ccc(C=C(F)C(=S)NCc2ccc(NS(C)(=O)=O)cc2)cc1. The van der Waals surface area contributed by atoms with E-state index in [-0.39, 0.29) is 10.4 Å². The molecule has 150 valence electrons. The lowest BCUT2D eigenvalue weighted by Crippen LogP contribution is -2.21. The standard InChI is InChI=1S/C21H25FN2O2S2/c1-21(2,3)17-9-5-15(6-10-17)13-19(22)20(27)23-14-16-7-11-18(12-8-16)24-28(4,25)26/h5-13,24H,14H2,1-4H3,(H,23,27). The van der Waals surface area contributed by atoms with Crippen LogP contribution in [0.25, 0.3) is 6.08 Å². The molecule has 0 bridgehead atoms. The lowest BCUT2D eigenvalue weighted by Gasteiger charge is -2.18. The Labute approximate surface area is 171 Å². The maximum absolute atomic E-state index is 14.4. The molecule has 0 fully saturated rings. The van der Waals surface area contributed by atoms with E-state index in [0.717, 1.165) is 17.4 Å². The zero-order chi connectivity index (χ0) is 20.9. The summed E-state index contributed by atoms with van der Waals surface area (Å²) in [7, 11) is -3.31. The van der Waals surface area contributed by atoms with E-state index >= 15 is 0 Å². The van der Waals surface area contributed by atoms with Gasteiger partial charge in [-0.25, -0.2) is 12.8 Å². The van der Waals surface area contributed by atoms with Crippen LogP contribution in [0, 0.1) is 0 Å². The van der Waals surface area contributed by atoms with Gasteiger partial charge < -0.3 is 5.32 Å². The fraction of sp³-hybridized carbons (Fsp3) is 0.286. The number of nitrogens with one attached hydrogen (secondary N) is 2. The smallest absolute Gasteiger partial charge is 0.229 e. The van der Waals surface area contributed by atoms with E-state index in [1.165, 1.54) is 11.6 Å². The van der Waals surface area contributed by atoms with E-state index < -0.39 is 15.9 Å². The van der Waals surface area contributed by atoms with E-state index in [1.54, 1.807) is 24.3 Å². The molecule has 0 saturated carbocycles. The molecule has 0 spiro atoms. The summed E-state index contributed by atoms with van der Waals surface area (Å²) in [6, 6.07) is 14.5. The van der Waals surface area contributed by atoms with Crippen molar-refractivity contribution in [3.05, 3.63) is 71.0 Å². The van der Waals surface area contributed by atoms with E-state index in [1.807, 2.05) is 24.3 Å². The zero-order valence-corrected chi connectivity index (χ0v) is 18.0. The Bertz CT molecular complexity index is 959. The lowest BCUT2D eigenvalue weighted by molar-refractivity contribution is 0.590. The summed E-state index contributed by atoms with van der Waals surface area (Å²) in [4.78, 5) is 0.0261. The number of hydrogen-bond acceptors (Lipinski definition) is 3. The van der Waals surface area contributed by atoms with Crippen LogP contribution in [0.4, 0.5) is 10.1 Å². The maximum Gasteiger partial charge on any atom is 0.229 e. The number of hydrogen-bond donors (Lipinski definition) is 2. The van der Waals surface area contributed by atoms with Crippen molar-refractivity contribution in [2.75, 3.05) is 11.0 Å². The molecule has 2 N–H and O–H groups in total. The molecule has 0 radical (unpaired) electrons. The molecule has 0 unspecified atom stereocenters. The van der Waals surface area contributed by atoms with Crippen LogP contribution in [0.5, 0.6) is 0 Å². The third-order valence-corrected chi connectivity index (χ3v) is 4.94. The summed E-state index contributed by atoms with van der Waals surface area (Å²) in [5.74, 6) is -0.506. The van der Waals surface area contributed by atoms with Crippen LogP contribution in [0.1, 0.15) is 37.5 Å². The predicted octanol–water partition coefficient (Wildman–Crippen LogP) is 4.78. The minimum absolute atomic E-state index is 0.0261. The molecule has 2 aromatic carbocycles. The number of thiocarbonyl (C=S) groups is 1. The van der Waals surface area contributed by atoms with Gasteiger partial charge in [0.2, 0.25) is 10.0 Å². The van der Waals surface area contributed by atoms with Crippen LogP contribution in [0.3, 0.4) is 0 Å². The van der Waals surface area contributed by atoms with E-state index in [9.17, 15) is 12.8 Å². The van der Waals surface area contributed by atoms with Crippen molar-refractivity contribution in [2.45, 2.75) is 32.7 Å². The Morgan fingerprint density at radius 3 is 2.14 bits per heavy atom. The van der Waals surface area contributed by atoms with Crippen molar-refractivity contribution in [3.8, 4) is 0 Å². The van der Waals surface area contributed by atoms with Gasteiger partial charge in [-0.15, -0.1) is 0 Å². The molecular weight excluding hydrogens is 395 g/mol. The van der Waals surface area contributed by atoms with Crippen molar-refractivity contribution in [2.24, 2.45) is 0 Å². The van der Waals surface area contributed by atoms with Crippen LogP contribution in [-0.2, 0) is 22.0 Å². The quantitative estimate of drug-likeness (QED) is 0.521. The fourth-order valence-corrected chi connectivity index (χ4v) is 3.16. The minimum atomic E-state index is -3.31. The van der Waals surface area contributed by atoms with Gasteiger partial charge in [-0.05, 0) is 40.3 Å². The van der Waals surface area contributed by atoms with Crippen LogP contribution in [-0.4, -0.2) is 19.7 Å². The van der Waals surface area contributed by atoms with Gasteiger partial charge in [-0.2, -0.15) is 0 Å². The number of rotatable bonds is 6. The first-order valence-corrected chi connectivity index (χ1v) is 11.1. The summed E-state index contributed by atoms with van der Waals surface area (Å²) >= 11 is 5.11. The number of sulfonamides is 1. The molecule has 0 aliphatic heterocycles. The summed E-state index contributed by atoms with van der Waals surface area (Å²) in [6.07, 6.45) is 2.49. The Hall–Kier alpha value is -2.25. The maximum atomic E-state index is 14.4. The summed E-state index contributed by atoms with van der Waals surface area (Å²) < 4.78 is 39.1. The van der Waals surface area contributed by atoms with Gasteiger partial charge in [-0.1, -0.05) is 69.4 Å². The lowest BCUT2D eigenvalue weighted by atomic mass is 9.87. The number of anilines is 1. The van der Waals surface area contributed by atoms with Crippen molar-refractivity contribution in [3.63, 3.8) is 0 Å². The zero-order valence-electron chi connectivity index (χ0n) is 16.4. The van der Waals surface area contributed by atoms with Crippen LogP contribution < -0.4 is 10.0 Å². The molecule has 0 atom stereocenters. The average Bonchev–Trinajstić information content (AvgIpc) is 2.59. The first-order chi connectivity index (χ1) is 12.9. The fourth-order valence-electron chi connectivity index (χ4n) is 2.46. The highest BCUT2D eigenvalue weighted by Gasteiger charge is 2.13. The topological polar surface area (TPSA) is 58.2 Å². The molecule has 7 heteroatoms. The van der Waals surface area contributed by atoms with Crippen molar-refractivity contribution < 1.29 is 12.8 Å². The predicted molar refractivity (Wildman–Crippen MR) is 119 cm³/mol. The second kappa shape index (κ2) is 8.84. The Kier molecular flexibility index (Phi) is 6.96. The highest BCUT2D eigenvalue weighted by molar-refractivity contribution is 7.92. The van der Waals surface area contributed by atoms with Gasteiger partial charge in [-0.3, -0.25) is 4.72 Å². The average molecular weight is 421 g/mol. The van der Waals surface area contributed by atoms with Crippen molar-refractivity contribution in [1.29, 1.82) is 0 Å². The summed E-state index contributed by atoms with van der Waals surface area (Å²) in [5.41, 5.74) is 3.29. The van der Waals surface area contributed by atoms with Gasteiger partial charge in [0.15, 0.2) is 5.83 Å². The number of halogens is 1. The van der Waals surface area contributed by atoms with Gasteiger partial charge in [0.05, 0.1) is 6.26 Å². The minimum Gasteiger partial charge on any atom is -0.370 e. The monoisotopic (exact) mass is 420 g/mol. The summed E-state index contributed by atoms with van der Waals surface area (Å²) in [6.45, 7) is 6.71. The molecule has 0 saturated heterocycles. The van der Waals surface area contributed by atoms with Gasteiger partial charge in [0.1, 0.15) is 4.99 Å². The van der Waals surface area contributed by atoms with Crippen LogP contribution in [0.2, 0.25) is 0 Å². The first-order valence-electron chi connectivity index (χ1n) is 8.77. The molecule has 0 aromatic heterocycles. The molecule has 0 heterocycles. The second-order valence-electron chi connectivity index (χ2n) is 7.62. The molecule has 0 aliphatic carbocycles. The highest BCUT2D eigenvalue weighted by Crippen LogP contribution is 2.23. The van der Waals surface area contributed by atoms with Crippen molar-refractivity contribution in [1.82, 2.24) is 5.32 Å². The van der Waals surface area contributed by atoms with Gasteiger partial charge in [0, 0.05) is 12.2 Å². The Balaban J connectivity index is 1.96. The highest BCUT2D eigenvalue weighted by atomic mass is 32.2. The largest absolute Gasteiger partial charge is 0.370 e. The summed E-state index contributed by atoms with van der Waals surface area (Å²) in [5, 5.41) is 2.87. The molecule has 4 nitrogen and oxygen atoms in total. The molecule has 0 aliphatic rings. The number of benzene rings is 2. The first kappa shape index (κ1) is 22.0. The molecular formula is C21H25FN2O2S2. The second-order valence-corrected chi connectivity index (χ2v) is 9.77.